The molecule has 0 aliphatic heterocycles. The van der Waals surface area contributed by atoms with E-state index >= 15 is 0 Å². The number of ketones is 1. The summed E-state index contributed by atoms with van der Waals surface area (Å²) in [6.07, 6.45) is 4.81. The smallest absolute Gasteiger partial charge is 0.159 e. The van der Waals surface area contributed by atoms with Gasteiger partial charge in [0.05, 0.1) is 0 Å². The molecule has 15 heavy (non-hydrogen) atoms. The molecular formula is C13H23NO. The van der Waals surface area contributed by atoms with E-state index in [-0.39, 0.29) is 11.3 Å². The first-order chi connectivity index (χ1) is 6.98. The standard InChI is InChI=1S/C13H23NO/c1-5-14(6-2)10-11-9-13(3,4)8-7-12(11)15/h7-8,11H,5-6,9-10H2,1-4H3. The summed E-state index contributed by atoms with van der Waals surface area (Å²) in [7, 11) is 0. The lowest BCUT2D eigenvalue weighted by Crippen LogP contribution is -2.36. The van der Waals surface area contributed by atoms with Crippen LogP contribution < -0.4 is 0 Å². The third kappa shape index (κ3) is 3.45. The summed E-state index contributed by atoms with van der Waals surface area (Å²) in [5.41, 5.74) is 0.186. The van der Waals surface area contributed by atoms with E-state index in [4.69, 9.17) is 0 Å². The quantitative estimate of drug-likeness (QED) is 0.709. The Labute approximate surface area is 93.3 Å². The highest BCUT2D eigenvalue weighted by molar-refractivity contribution is 5.92. The lowest BCUT2D eigenvalue weighted by Gasteiger charge is -2.32. The average molecular weight is 209 g/mol. The Morgan fingerprint density at radius 2 is 2.00 bits per heavy atom. The van der Waals surface area contributed by atoms with Crippen LogP contribution in [0.15, 0.2) is 12.2 Å². The van der Waals surface area contributed by atoms with Crippen molar-refractivity contribution in [3.8, 4) is 0 Å². The van der Waals surface area contributed by atoms with Crippen LogP contribution in [0.25, 0.3) is 0 Å². The minimum Gasteiger partial charge on any atom is -0.303 e. The number of hydrogen-bond donors (Lipinski definition) is 0. The van der Waals surface area contributed by atoms with Gasteiger partial charge in [0.15, 0.2) is 5.78 Å². The van der Waals surface area contributed by atoms with Crippen LogP contribution in [0.5, 0.6) is 0 Å². The third-order valence-electron chi connectivity index (χ3n) is 3.25. The maximum absolute atomic E-state index is 11.7. The highest BCUT2D eigenvalue weighted by Crippen LogP contribution is 2.32. The fourth-order valence-electron chi connectivity index (χ4n) is 2.20. The summed E-state index contributed by atoms with van der Waals surface area (Å²) in [6, 6.07) is 0. The molecule has 0 spiro atoms. The van der Waals surface area contributed by atoms with Gasteiger partial charge in [-0.05, 0) is 31.0 Å². The fraction of sp³-hybridized carbons (Fsp3) is 0.769. The van der Waals surface area contributed by atoms with E-state index in [1.807, 2.05) is 6.08 Å². The molecule has 2 heteroatoms. The molecule has 1 aliphatic rings. The predicted molar refractivity (Wildman–Crippen MR) is 63.8 cm³/mol. The predicted octanol–water partition coefficient (Wildman–Crippen LogP) is 2.50. The highest BCUT2D eigenvalue weighted by atomic mass is 16.1. The Morgan fingerprint density at radius 3 is 2.53 bits per heavy atom. The molecule has 0 N–H and O–H groups in total. The average Bonchev–Trinajstić information content (AvgIpc) is 2.19. The summed E-state index contributed by atoms with van der Waals surface area (Å²) in [4.78, 5) is 14.1. The Bertz CT molecular complexity index is 251. The van der Waals surface area contributed by atoms with Crippen LogP contribution in [0.3, 0.4) is 0 Å². The highest BCUT2D eigenvalue weighted by Gasteiger charge is 2.30. The Morgan fingerprint density at radius 1 is 1.40 bits per heavy atom. The van der Waals surface area contributed by atoms with E-state index in [1.54, 1.807) is 6.08 Å². The molecular weight excluding hydrogens is 186 g/mol. The zero-order chi connectivity index (χ0) is 11.5. The van der Waals surface area contributed by atoms with E-state index in [1.165, 1.54) is 0 Å². The number of nitrogens with zero attached hydrogens (tertiary/aromatic N) is 1. The van der Waals surface area contributed by atoms with E-state index < -0.39 is 0 Å². The SMILES string of the molecule is CCN(CC)CC1CC(C)(C)C=CC1=O. The molecule has 86 valence electrons. The molecule has 0 aromatic rings. The maximum atomic E-state index is 11.7. The first-order valence-corrected chi connectivity index (χ1v) is 5.94. The van der Waals surface area contributed by atoms with Crippen LogP contribution >= 0.6 is 0 Å². The zero-order valence-electron chi connectivity index (χ0n) is 10.4. The number of allylic oxidation sites excluding steroid dienone is 2. The molecule has 0 aromatic carbocycles. The molecule has 0 aromatic heterocycles. The second-order valence-corrected chi connectivity index (χ2v) is 5.11. The molecule has 0 fully saturated rings. The normalized spacial score (nSPS) is 24.9. The van der Waals surface area contributed by atoms with Crippen LogP contribution in [0, 0.1) is 11.3 Å². The molecule has 0 saturated carbocycles. The van der Waals surface area contributed by atoms with Crippen LogP contribution in [0.2, 0.25) is 0 Å². The number of hydrogen-bond acceptors (Lipinski definition) is 2. The van der Waals surface area contributed by atoms with Gasteiger partial charge in [0, 0.05) is 12.5 Å². The fourth-order valence-corrected chi connectivity index (χ4v) is 2.20. The van der Waals surface area contributed by atoms with E-state index in [0.29, 0.717) is 5.78 Å². The van der Waals surface area contributed by atoms with Crippen molar-refractivity contribution >= 4 is 5.78 Å². The van der Waals surface area contributed by atoms with E-state index in [9.17, 15) is 4.79 Å². The summed E-state index contributed by atoms with van der Waals surface area (Å²) >= 11 is 0. The van der Waals surface area contributed by atoms with Gasteiger partial charge in [-0.15, -0.1) is 0 Å². The molecule has 0 bridgehead atoms. The molecule has 1 rings (SSSR count). The lowest BCUT2D eigenvalue weighted by molar-refractivity contribution is -0.120. The van der Waals surface area contributed by atoms with Crippen LogP contribution in [0.4, 0.5) is 0 Å². The molecule has 0 radical (unpaired) electrons. The second-order valence-electron chi connectivity index (χ2n) is 5.11. The summed E-state index contributed by atoms with van der Waals surface area (Å²) in [5, 5.41) is 0. The van der Waals surface area contributed by atoms with Crippen molar-refractivity contribution in [1.29, 1.82) is 0 Å². The molecule has 1 atom stereocenters. The summed E-state index contributed by atoms with van der Waals surface area (Å²) in [6.45, 7) is 11.7. The van der Waals surface area contributed by atoms with Gasteiger partial charge in [-0.3, -0.25) is 4.79 Å². The number of rotatable bonds is 4. The minimum absolute atomic E-state index is 0.186. The van der Waals surface area contributed by atoms with Gasteiger partial charge in [0.2, 0.25) is 0 Å². The first kappa shape index (κ1) is 12.4. The van der Waals surface area contributed by atoms with E-state index in [0.717, 1.165) is 26.1 Å². The summed E-state index contributed by atoms with van der Waals surface area (Å²) in [5.74, 6) is 0.506. The Kier molecular flexibility index (Phi) is 4.09. The van der Waals surface area contributed by atoms with Crippen molar-refractivity contribution in [3.05, 3.63) is 12.2 Å². The Hall–Kier alpha value is -0.630. The topological polar surface area (TPSA) is 20.3 Å². The second kappa shape index (κ2) is 4.93. The monoisotopic (exact) mass is 209 g/mol. The number of carbonyl (C=O) groups excluding carboxylic acids is 1. The molecule has 0 amide bonds. The van der Waals surface area contributed by atoms with Crippen molar-refractivity contribution < 1.29 is 4.79 Å². The summed E-state index contributed by atoms with van der Waals surface area (Å²) < 4.78 is 0. The van der Waals surface area contributed by atoms with Gasteiger partial charge in [-0.2, -0.15) is 0 Å². The third-order valence-corrected chi connectivity index (χ3v) is 3.25. The van der Waals surface area contributed by atoms with Crippen molar-refractivity contribution in [1.82, 2.24) is 4.90 Å². The van der Waals surface area contributed by atoms with Crippen molar-refractivity contribution in [3.63, 3.8) is 0 Å². The van der Waals surface area contributed by atoms with Crippen LogP contribution in [-0.4, -0.2) is 30.3 Å². The zero-order valence-corrected chi connectivity index (χ0v) is 10.4. The maximum Gasteiger partial charge on any atom is 0.159 e. The molecule has 2 nitrogen and oxygen atoms in total. The molecule has 0 saturated heterocycles. The molecule has 0 heterocycles. The van der Waals surface area contributed by atoms with Crippen molar-refractivity contribution in [2.45, 2.75) is 34.1 Å². The lowest BCUT2D eigenvalue weighted by atomic mass is 9.76. The van der Waals surface area contributed by atoms with E-state index in [2.05, 4.69) is 32.6 Å². The minimum atomic E-state index is 0.186. The Balaban J connectivity index is 2.62. The molecule has 1 aliphatic carbocycles. The molecule has 1 unspecified atom stereocenters. The van der Waals surface area contributed by atoms with Gasteiger partial charge in [-0.1, -0.05) is 33.8 Å². The van der Waals surface area contributed by atoms with Crippen LogP contribution in [-0.2, 0) is 4.79 Å². The van der Waals surface area contributed by atoms with Crippen molar-refractivity contribution in [2.24, 2.45) is 11.3 Å². The largest absolute Gasteiger partial charge is 0.303 e. The van der Waals surface area contributed by atoms with Crippen LogP contribution in [0.1, 0.15) is 34.1 Å². The van der Waals surface area contributed by atoms with Gasteiger partial charge in [0.25, 0.3) is 0 Å². The van der Waals surface area contributed by atoms with Gasteiger partial charge in [-0.25, -0.2) is 0 Å². The van der Waals surface area contributed by atoms with Gasteiger partial charge < -0.3 is 4.90 Å². The first-order valence-electron chi connectivity index (χ1n) is 5.94. The van der Waals surface area contributed by atoms with Crippen molar-refractivity contribution in [2.75, 3.05) is 19.6 Å². The van der Waals surface area contributed by atoms with Gasteiger partial charge >= 0.3 is 0 Å². The van der Waals surface area contributed by atoms with Gasteiger partial charge in [0.1, 0.15) is 0 Å². The number of carbonyl (C=O) groups is 1.